The first-order chi connectivity index (χ1) is 9.73. The van der Waals surface area contributed by atoms with Crippen LogP contribution in [0.2, 0.25) is 0 Å². The summed E-state index contributed by atoms with van der Waals surface area (Å²) < 4.78 is 0. The minimum Gasteiger partial charge on any atom is -0.385 e. The number of rotatable bonds is 8. The Morgan fingerprint density at radius 1 is 1.19 bits per heavy atom. The van der Waals surface area contributed by atoms with E-state index in [9.17, 15) is 10.1 Å². The Labute approximate surface area is 126 Å². The van der Waals surface area contributed by atoms with Gasteiger partial charge in [-0.25, -0.2) is 0 Å². The van der Waals surface area contributed by atoms with Crippen molar-refractivity contribution >= 4 is 17.1 Å². The maximum atomic E-state index is 11.0. The van der Waals surface area contributed by atoms with Crippen LogP contribution in [0.4, 0.5) is 17.1 Å². The summed E-state index contributed by atoms with van der Waals surface area (Å²) >= 11 is 0. The van der Waals surface area contributed by atoms with Gasteiger partial charge in [0.1, 0.15) is 0 Å². The van der Waals surface area contributed by atoms with Crippen molar-refractivity contribution < 1.29 is 4.92 Å². The predicted octanol–water partition coefficient (Wildman–Crippen LogP) is 3.03. The maximum absolute atomic E-state index is 11.0. The SMILES string of the molecule is CCNc1cc(NCC(C)(C)CN(C)C)cc([N+](=O)[O-])c1. The molecule has 0 fully saturated rings. The van der Waals surface area contributed by atoms with E-state index in [1.165, 1.54) is 0 Å². The molecule has 1 rings (SSSR count). The number of nitro groups is 1. The van der Waals surface area contributed by atoms with Gasteiger partial charge in [-0.15, -0.1) is 0 Å². The molecule has 0 unspecified atom stereocenters. The number of nitrogens with zero attached hydrogens (tertiary/aromatic N) is 2. The molecule has 1 aromatic rings. The van der Waals surface area contributed by atoms with Gasteiger partial charge in [-0.05, 0) is 32.5 Å². The third-order valence-electron chi connectivity index (χ3n) is 3.02. The van der Waals surface area contributed by atoms with Crippen molar-refractivity contribution in [1.82, 2.24) is 4.90 Å². The van der Waals surface area contributed by atoms with Crippen molar-refractivity contribution in [3.63, 3.8) is 0 Å². The molecule has 0 radical (unpaired) electrons. The molecule has 21 heavy (non-hydrogen) atoms. The van der Waals surface area contributed by atoms with Gasteiger partial charge in [0.15, 0.2) is 0 Å². The van der Waals surface area contributed by atoms with Crippen LogP contribution in [0.15, 0.2) is 18.2 Å². The molecule has 0 aliphatic carbocycles. The third-order valence-corrected chi connectivity index (χ3v) is 3.02. The van der Waals surface area contributed by atoms with E-state index in [2.05, 4.69) is 29.4 Å². The fourth-order valence-corrected chi connectivity index (χ4v) is 2.38. The van der Waals surface area contributed by atoms with Crippen LogP contribution in [-0.4, -0.2) is 43.6 Å². The van der Waals surface area contributed by atoms with Crippen molar-refractivity contribution in [3.05, 3.63) is 28.3 Å². The van der Waals surface area contributed by atoms with Crippen molar-refractivity contribution in [2.24, 2.45) is 5.41 Å². The molecule has 0 spiro atoms. The van der Waals surface area contributed by atoms with Crippen molar-refractivity contribution in [2.75, 3.05) is 44.4 Å². The number of hydrogen-bond acceptors (Lipinski definition) is 5. The van der Waals surface area contributed by atoms with Crippen molar-refractivity contribution in [2.45, 2.75) is 20.8 Å². The van der Waals surface area contributed by atoms with Crippen LogP contribution in [-0.2, 0) is 0 Å². The molecule has 0 amide bonds. The lowest BCUT2D eigenvalue weighted by Gasteiger charge is -2.29. The van der Waals surface area contributed by atoms with Crippen molar-refractivity contribution in [3.8, 4) is 0 Å². The lowest BCUT2D eigenvalue weighted by molar-refractivity contribution is -0.384. The Balaban J connectivity index is 2.84. The number of hydrogen-bond donors (Lipinski definition) is 2. The molecule has 118 valence electrons. The predicted molar refractivity (Wildman–Crippen MR) is 88.1 cm³/mol. The number of nitrogens with one attached hydrogen (secondary N) is 2. The molecule has 6 nitrogen and oxygen atoms in total. The van der Waals surface area contributed by atoms with Gasteiger partial charge in [0, 0.05) is 43.1 Å². The molecule has 1 aromatic carbocycles. The van der Waals surface area contributed by atoms with Gasteiger partial charge in [0.25, 0.3) is 5.69 Å². The second-order valence-corrected chi connectivity index (χ2v) is 6.31. The van der Waals surface area contributed by atoms with Crippen LogP contribution in [0, 0.1) is 15.5 Å². The molecular weight excluding hydrogens is 268 g/mol. The van der Waals surface area contributed by atoms with E-state index in [0.29, 0.717) is 0 Å². The summed E-state index contributed by atoms with van der Waals surface area (Å²) in [6.45, 7) is 8.72. The van der Waals surface area contributed by atoms with E-state index in [1.807, 2.05) is 27.1 Å². The zero-order chi connectivity index (χ0) is 16.0. The highest BCUT2D eigenvalue weighted by Crippen LogP contribution is 2.26. The summed E-state index contributed by atoms with van der Waals surface area (Å²) in [4.78, 5) is 12.8. The first-order valence-corrected chi connectivity index (χ1v) is 7.15. The number of anilines is 2. The van der Waals surface area contributed by atoms with Crippen LogP contribution in [0.5, 0.6) is 0 Å². The number of non-ortho nitro benzene ring substituents is 1. The minimum atomic E-state index is -0.364. The van der Waals surface area contributed by atoms with Crippen LogP contribution < -0.4 is 10.6 Å². The topological polar surface area (TPSA) is 70.4 Å². The zero-order valence-corrected chi connectivity index (χ0v) is 13.6. The Morgan fingerprint density at radius 3 is 2.24 bits per heavy atom. The quantitative estimate of drug-likeness (QED) is 0.569. The van der Waals surface area contributed by atoms with Crippen LogP contribution in [0.3, 0.4) is 0 Å². The Kier molecular flexibility index (Phi) is 5.96. The lowest BCUT2D eigenvalue weighted by atomic mass is 9.93. The molecule has 0 aliphatic heterocycles. The normalized spacial score (nSPS) is 11.5. The van der Waals surface area contributed by atoms with Gasteiger partial charge >= 0.3 is 0 Å². The highest BCUT2D eigenvalue weighted by atomic mass is 16.6. The molecule has 2 N–H and O–H groups in total. The van der Waals surface area contributed by atoms with E-state index >= 15 is 0 Å². The molecule has 0 heterocycles. The smallest absolute Gasteiger partial charge is 0.273 e. The molecule has 0 saturated heterocycles. The summed E-state index contributed by atoms with van der Waals surface area (Å²) in [5.74, 6) is 0. The Bertz CT molecular complexity index is 487. The van der Waals surface area contributed by atoms with E-state index in [0.717, 1.165) is 31.0 Å². The molecule has 0 aliphatic rings. The van der Waals surface area contributed by atoms with E-state index in [-0.39, 0.29) is 16.0 Å². The monoisotopic (exact) mass is 294 g/mol. The molecular formula is C15H26N4O2. The molecule has 6 heteroatoms. The lowest BCUT2D eigenvalue weighted by Crippen LogP contribution is -2.34. The van der Waals surface area contributed by atoms with Crippen LogP contribution in [0.25, 0.3) is 0 Å². The molecule has 0 aromatic heterocycles. The van der Waals surface area contributed by atoms with Gasteiger partial charge in [0.05, 0.1) is 4.92 Å². The second kappa shape index (κ2) is 7.26. The van der Waals surface area contributed by atoms with Crippen LogP contribution in [0.1, 0.15) is 20.8 Å². The summed E-state index contributed by atoms with van der Waals surface area (Å²) in [7, 11) is 4.08. The molecule has 0 saturated carbocycles. The van der Waals surface area contributed by atoms with Gasteiger partial charge in [-0.3, -0.25) is 10.1 Å². The minimum absolute atomic E-state index is 0.0759. The van der Waals surface area contributed by atoms with Gasteiger partial charge in [-0.1, -0.05) is 13.8 Å². The maximum Gasteiger partial charge on any atom is 0.273 e. The number of benzene rings is 1. The fraction of sp³-hybridized carbons (Fsp3) is 0.600. The third kappa shape index (κ3) is 5.99. The fourth-order valence-electron chi connectivity index (χ4n) is 2.38. The number of nitro benzene ring substituents is 1. The van der Waals surface area contributed by atoms with E-state index in [1.54, 1.807) is 12.1 Å². The van der Waals surface area contributed by atoms with Crippen molar-refractivity contribution in [1.29, 1.82) is 0 Å². The van der Waals surface area contributed by atoms with Gasteiger partial charge in [-0.2, -0.15) is 0 Å². The highest BCUT2D eigenvalue weighted by Gasteiger charge is 2.19. The van der Waals surface area contributed by atoms with Gasteiger partial charge in [0.2, 0.25) is 0 Å². The van der Waals surface area contributed by atoms with E-state index in [4.69, 9.17) is 0 Å². The average molecular weight is 294 g/mol. The Hall–Kier alpha value is -1.82. The zero-order valence-electron chi connectivity index (χ0n) is 13.6. The summed E-state index contributed by atoms with van der Waals surface area (Å²) in [5.41, 5.74) is 1.71. The summed E-state index contributed by atoms with van der Waals surface area (Å²) in [6.07, 6.45) is 0. The molecule has 0 bridgehead atoms. The first-order valence-electron chi connectivity index (χ1n) is 7.15. The molecule has 0 atom stereocenters. The highest BCUT2D eigenvalue weighted by molar-refractivity contribution is 5.63. The average Bonchev–Trinajstić information content (AvgIpc) is 2.35. The first kappa shape index (κ1) is 17.2. The van der Waals surface area contributed by atoms with E-state index < -0.39 is 0 Å². The Morgan fingerprint density at radius 2 is 1.76 bits per heavy atom. The van der Waals surface area contributed by atoms with Gasteiger partial charge < -0.3 is 15.5 Å². The second-order valence-electron chi connectivity index (χ2n) is 6.31. The summed E-state index contributed by atoms with van der Waals surface area (Å²) in [5, 5.41) is 17.4. The largest absolute Gasteiger partial charge is 0.385 e. The standard InChI is InChI=1S/C15H26N4O2/c1-6-16-12-7-13(9-14(8-12)19(20)21)17-10-15(2,3)11-18(4)5/h7-9,16-17H,6,10-11H2,1-5H3. The summed E-state index contributed by atoms with van der Waals surface area (Å²) in [6, 6.07) is 5.04. The van der Waals surface area contributed by atoms with Crippen LogP contribution >= 0.6 is 0 Å².